The van der Waals surface area contributed by atoms with Crippen LogP contribution in [-0.2, 0) is 20.5 Å². The summed E-state index contributed by atoms with van der Waals surface area (Å²) >= 11 is 0. The number of piperidine rings is 1. The van der Waals surface area contributed by atoms with Crippen LogP contribution in [0.5, 0.6) is 0 Å². The number of hydrogen-bond acceptors (Lipinski definition) is 5. The molecule has 166 valence electrons. The molecule has 0 bridgehead atoms. The molecule has 1 aliphatic rings. The van der Waals surface area contributed by atoms with Crippen molar-refractivity contribution in [2.45, 2.75) is 32.9 Å². The zero-order valence-electron chi connectivity index (χ0n) is 17.3. The van der Waals surface area contributed by atoms with Crippen molar-refractivity contribution < 1.29 is 27.5 Å². The predicted octanol–water partition coefficient (Wildman–Crippen LogP) is 4.12. The summed E-state index contributed by atoms with van der Waals surface area (Å²) in [6.45, 7) is 3.83. The zero-order chi connectivity index (χ0) is 22.6. The molecule has 6 nitrogen and oxygen atoms in total. The molecule has 3 rings (SSSR count). The second-order valence-corrected chi connectivity index (χ2v) is 7.61. The molecule has 2 heterocycles. The number of ether oxygens (including phenoxy) is 1. The Morgan fingerprint density at radius 3 is 2.71 bits per heavy atom. The summed E-state index contributed by atoms with van der Waals surface area (Å²) in [6, 6.07) is 7.66. The Kier molecular flexibility index (Phi) is 6.82. The molecule has 2 aromatic rings. The van der Waals surface area contributed by atoms with E-state index < -0.39 is 36.1 Å². The van der Waals surface area contributed by atoms with Gasteiger partial charge >= 0.3 is 12.1 Å². The van der Waals surface area contributed by atoms with Crippen LogP contribution in [0.25, 0.3) is 0 Å². The van der Waals surface area contributed by atoms with Crippen molar-refractivity contribution in [3.63, 3.8) is 0 Å². The number of halogens is 3. The zero-order valence-corrected chi connectivity index (χ0v) is 17.3. The maximum Gasteiger partial charge on any atom is 0.419 e. The number of carbonyl (C=O) groups excluding carboxylic acids is 2. The average molecular weight is 435 g/mol. The fourth-order valence-electron chi connectivity index (χ4n) is 3.50. The SMILES string of the molecule is Cc1ccc(NC(=O)COC(=O)C2CCCN(c3ncccc3C(F)(F)F)C2)cc1C. The largest absolute Gasteiger partial charge is 0.455 e. The third-order valence-electron chi connectivity index (χ3n) is 5.28. The molecule has 0 saturated carbocycles. The number of hydrogen-bond donors (Lipinski definition) is 1. The molecule has 1 saturated heterocycles. The summed E-state index contributed by atoms with van der Waals surface area (Å²) in [6.07, 6.45) is -2.25. The molecule has 31 heavy (non-hydrogen) atoms. The van der Waals surface area contributed by atoms with Crippen molar-refractivity contribution in [3.05, 3.63) is 53.2 Å². The molecule has 1 aromatic carbocycles. The number of anilines is 2. The second-order valence-electron chi connectivity index (χ2n) is 7.61. The molecular formula is C22H24F3N3O3. The van der Waals surface area contributed by atoms with Crippen molar-refractivity contribution in [1.82, 2.24) is 4.98 Å². The Morgan fingerprint density at radius 2 is 2.00 bits per heavy atom. The third-order valence-corrected chi connectivity index (χ3v) is 5.28. The minimum atomic E-state index is -4.54. The molecule has 1 atom stereocenters. The lowest BCUT2D eigenvalue weighted by molar-refractivity contribution is -0.151. The van der Waals surface area contributed by atoms with Gasteiger partial charge in [-0.2, -0.15) is 13.2 Å². The average Bonchev–Trinajstić information content (AvgIpc) is 2.74. The van der Waals surface area contributed by atoms with E-state index in [1.54, 1.807) is 6.07 Å². The van der Waals surface area contributed by atoms with Crippen molar-refractivity contribution in [3.8, 4) is 0 Å². The van der Waals surface area contributed by atoms with Crippen LogP contribution in [0.1, 0.15) is 29.5 Å². The lowest BCUT2D eigenvalue weighted by Gasteiger charge is -2.33. The van der Waals surface area contributed by atoms with Crippen LogP contribution in [0.3, 0.4) is 0 Å². The highest BCUT2D eigenvalue weighted by Crippen LogP contribution is 2.36. The molecule has 1 aliphatic heterocycles. The van der Waals surface area contributed by atoms with Gasteiger partial charge in [0.2, 0.25) is 0 Å². The van der Waals surface area contributed by atoms with Crippen molar-refractivity contribution >= 4 is 23.4 Å². The van der Waals surface area contributed by atoms with E-state index in [-0.39, 0.29) is 12.4 Å². The monoisotopic (exact) mass is 435 g/mol. The Hall–Kier alpha value is -3.10. The molecule has 9 heteroatoms. The molecular weight excluding hydrogens is 411 g/mol. The number of nitrogens with zero attached hydrogens (tertiary/aromatic N) is 2. The maximum atomic E-state index is 13.3. The van der Waals surface area contributed by atoms with Gasteiger partial charge in [-0.25, -0.2) is 4.98 Å². The molecule has 1 aromatic heterocycles. The Morgan fingerprint density at radius 1 is 1.23 bits per heavy atom. The quantitative estimate of drug-likeness (QED) is 0.716. The van der Waals surface area contributed by atoms with Gasteiger partial charge in [0.25, 0.3) is 5.91 Å². The number of aromatic nitrogens is 1. The van der Waals surface area contributed by atoms with Crippen molar-refractivity contribution in [2.24, 2.45) is 5.92 Å². The number of aryl methyl sites for hydroxylation is 2. The van der Waals surface area contributed by atoms with Gasteiger partial charge in [0.15, 0.2) is 6.61 Å². The predicted molar refractivity (Wildman–Crippen MR) is 110 cm³/mol. The van der Waals surface area contributed by atoms with E-state index >= 15 is 0 Å². The summed E-state index contributed by atoms with van der Waals surface area (Å²) in [7, 11) is 0. The molecule has 0 radical (unpaired) electrons. The highest BCUT2D eigenvalue weighted by atomic mass is 19.4. The molecule has 1 amide bonds. The Labute approximate surface area is 178 Å². The number of amides is 1. The van der Waals surface area contributed by atoms with Gasteiger partial charge in [0, 0.05) is 25.0 Å². The summed E-state index contributed by atoms with van der Waals surface area (Å²) in [5.74, 6) is -1.91. The van der Waals surface area contributed by atoms with E-state index in [4.69, 9.17) is 4.74 Å². The Bertz CT molecular complexity index is 963. The van der Waals surface area contributed by atoms with Crippen LogP contribution in [0.4, 0.5) is 24.7 Å². The summed E-state index contributed by atoms with van der Waals surface area (Å²) < 4.78 is 45.0. The summed E-state index contributed by atoms with van der Waals surface area (Å²) in [4.78, 5) is 29.9. The first-order valence-electron chi connectivity index (χ1n) is 9.96. The van der Waals surface area contributed by atoms with Crippen LogP contribution in [-0.4, -0.2) is 36.6 Å². The minimum Gasteiger partial charge on any atom is -0.455 e. The van der Waals surface area contributed by atoms with Gasteiger partial charge in [0.1, 0.15) is 5.82 Å². The van der Waals surface area contributed by atoms with Gasteiger partial charge in [-0.3, -0.25) is 9.59 Å². The standard InChI is InChI=1S/C22H24F3N3O3/c1-14-7-8-17(11-15(14)2)27-19(29)13-31-21(30)16-5-4-10-28(12-16)20-18(22(23,24)25)6-3-9-26-20/h3,6-9,11,16H,4-5,10,12-13H2,1-2H3,(H,27,29). The van der Waals surface area contributed by atoms with Crippen LogP contribution < -0.4 is 10.2 Å². The van der Waals surface area contributed by atoms with Crippen molar-refractivity contribution in [1.29, 1.82) is 0 Å². The van der Waals surface area contributed by atoms with Crippen LogP contribution in [0.15, 0.2) is 36.5 Å². The van der Waals surface area contributed by atoms with Gasteiger partial charge < -0.3 is 15.0 Å². The number of nitrogens with one attached hydrogen (secondary N) is 1. The van der Waals surface area contributed by atoms with Crippen molar-refractivity contribution in [2.75, 3.05) is 29.9 Å². The van der Waals surface area contributed by atoms with Crippen LogP contribution in [0.2, 0.25) is 0 Å². The van der Waals surface area contributed by atoms with Crippen LogP contribution in [0, 0.1) is 19.8 Å². The summed E-state index contributed by atoms with van der Waals surface area (Å²) in [5.41, 5.74) is 1.87. The Balaban J connectivity index is 1.58. The smallest absolute Gasteiger partial charge is 0.419 e. The highest BCUT2D eigenvalue weighted by molar-refractivity contribution is 5.93. The first-order chi connectivity index (χ1) is 14.6. The van der Waals surface area contributed by atoms with E-state index in [0.717, 1.165) is 17.2 Å². The van der Waals surface area contributed by atoms with E-state index in [0.29, 0.717) is 25.1 Å². The number of alkyl halides is 3. The number of pyridine rings is 1. The topological polar surface area (TPSA) is 71.5 Å². The highest BCUT2D eigenvalue weighted by Gasteiger charge is 2.37. The lowest BCUT2D eigenvalue weighted by atomic mass is 9.98. The first kappa shape index (κ1) is 22.6. The fourth-order valence-corrected chi connectivity index (χ4v) is 3.50. The third kappa shape index (κ3) is 5.74. The molecule has 0 spiro atoms. The van der Waals surface area contributed by atoms with Gasteiger partial charge in [0.05, 0.1) is 11.5 Å². The molecule has 1 N–H and O–H groups in total. The normalized spacial score (nSPS) is 16.7. The molecule has 1 fully saturated rings. The molecule has 1 unspecified atom stereocenters. The van der Waals surface area contributed by atoms with E-state index in [2.05, 4.69) is 10.3 Å². The number of esters is 1. The fraction of sp³-hybridized carbons (Fsp3) is 0.409. The lowest BCUT2D eigenvalue weighted by Crippen LogP contribution is -2.41. The van der Waals surface area contributed by atoms with Gasteiger partial charge in [-0.1, -0.05) is 6.07 Å². The van der Waals surface area contributed by atoms with E-state index in [1.807, 2.05) is 26.0 Å². The maximum absolute atomic E-state index is 13.3. The van der Waals surface area contributed by atoms with Crippen LogP contribution >= 0.6 is 0 Å². The number of benzene rings is 1. The molecule has 0 aliphatic carbocycles. The second kappa shape index (κ2) is 9.36. The summed E-state index contributed by atoms with van der Waals surface area (Å²) in [5, 5.41) is 2.67. The minimum absolute atomic E-state index is 0.0533. The number of rotatable bonds is 5. The van der Waals surface area contributed by atoms with Gasteiger partial charge in [-0.15, -0.1) is 0 Å². The number of carbonyl (C=O) groups is 2. The van der Waals surface area contributed by atoms with E-state index in [9.17, 15) is 22.8 Å². The van der Waals surface area contributed by atoms with Gasteiger partial charge in [-0.05, 0) is 62.1 Å². The van der Waals surface area contributed by atoms with E-state index in [1.165, 1.54) is 17.2 Å². The first-order valence-corrected chi connectivity index (χ1v) is 9.96.